The maximum atomic E-state index is 11.4. The molecule has 0 radical (unpaired) electrons. The molecule has 0 amide bonds. The van der Waals surface area contributed by atoms with Crippen molar-refractivity contribution >= 4 is 11.9 Å². The smallest absolute Gasteiger partial charge is 0.308 e. The third kappa shape index (κ3) is 12.5. The molecule has 8 nitrogen and oxygen atoms in total. The van der Waals surface area contributed by atoms with Gasteiger partial charge in [-0.3, -0.25) is 9.59 Å². The summed E-state index contributed by atoms with van der Waals surface area (Å²) in [5.74, 6) is 1.14. The van der Waals surface area contributed by atoms with E-state index in [9.17, 15) is 9.59 Å². The predicted octanol–water partition coefficient (Wildman–Crippen LogP) is 5.42. The highest BCUT2D eigenvalue weighted by Crippen LogP contribution is 2.30. The number of carbonyl (C=O) groups excluding carboxylic acids is 2. The topological polar surface area (TPSA) is 89.5 Å². The van der Waals surface area contributed by atoms with Gasteiger partial charge in [0.25, 0.3) is 0 Å². The second-order valence-corrected chi connectivity index (χ2v) is 9.66. The summed E-state index contributed by atoms with van der Waals surface area (Å²) in [5.41, 5.74) is 2.43. The van der Waals surface area contributed by atoms with Crippen molar-refractivity contribution in [2.75, 3.05) is 52.9 Å². The van der Waals surface area contributed by atoms with Crippen LogP contribution in [0.25, 0.3) is 0 Å². The lowest BCUT2D eigenvalue weighted by molar-refractivity contribution is -0.149. The minimum atomic E-state index is -0.217. The Hall–Kier alpha value is -3.10. The van der Waals surface area contributed by atoms with Crippen LogP contribution < -0.4 is 9.47 Å². The molecule has 0 saturated carbocycles. The van der Waals surface area contributed by atoms with E-state index in [1.807, 2.05) is 24.3 Å². The molecule has 0 atom stereocenters. The van der Waals surface area contributed by atoms with Crippen molar-refractivity contribution in [1.29, 1.82) is 0 Å². The van der Waals surface area contributed by atoms with Crippen LogP contribution in [-0.2, 0) is 28.5 Å². The third-order valence-electron chi connectivity index (χ3n) is 5.85. The molecule has 0 aliphatic rings. The molecule has 2 aromatic rings. The normalized spacial score (nSPS) is 11.2. The second kappa shape index (κ2) is 18.2. The quantitative estimate of drug-likeness (QED) is 0.171. The highest BCUT2D eigenvalue weighted by atomic mass is 16.6. The summed E-state index contributed by atoms with van der Waals surface area (Å²) in [4.78, 5) is 22.8. The summed E-state index contributed by atoms with van der Waals surface area (Å²) in [7, 11) is 0. The van der Waals surface area contributed by atoms with Crippen molar-refractivity contribution in [3.63, 3.8) is 0 Å². The zero-order valence-corrected chi connectivity index (χ0v) is 24.0. The maximum Gasteiger partial charge on any atom is 0.308 e. The summed E-state index contributed by atoms with van der Waals surface area (Å²) >= 11 is 0. The summed E-state index contributed by atoms with van der Waals surface area (Å²) in [6.45, 7) is 12.3. The molecule has 0 heterocycles. The lowest BCUT2D eigenvalue weighted by atomic mass is 9.89. The fraction of sp³-hybridized carbons (Fsp3) is 0.548. The summed E-state index contributed by atoms with van der Waals surface area (Å²) < 4.78 is 32.6. The molecule has 0 bridgehead atoms. The predicted molar refractivity (Wildman–Crippen MR) is 149 cm³/mol. The molecule has 0 N–H and O–H groups in total. The van der Waals surface area contributed by atoms with E-state index in [2.05, 4.69) is 31.2 Å². The number of esters is 2. The molecule has 39 heavy (non-hydrogen) atoms. The van der Waals surface area contributed by atoms with Gasteiger partial charge >= 0.3 is 11.9 Å². The van der Waals surface area contributed by atoms with Crippen molar-refractivity contribution in [1.82, 2.24) is 0 Å². The average molecular weight is 545 g/mol. The number of rotatable bonds is 19. The molecule has 0 spiro atoms. The maximum absolute atomic E-state index is 11.4. The van der Waals surface area contributed by atoms with Crippen LogP contribution >= 0.6 is 0 Å². The van der Waals surface area contributed by atoms with E-state index < -0.39 is 0 Å². The molecular formula is C31H44O8. The second-order valence-electron chi connectivity index (χ2n) is 9.66. The fourth-order valence-corrected chi connectivity index (χ4v) is 3.63. The molecule has 2 aromatic carbocycles. The van der Waals surface area contributed by atoms with Gasteiger partial charge in [0.05, 0.1) is 38.3 Å². The molecule has 0 aliphatic carbocycles. The Morgan fingerprint density at radius 2 is 0.923 bits per heavy atom. The average Bonchev–Trinajstić information content (AvgIpc) is 2.93. The standard InChI is InChI=1S/C31H44O8/c1-6-29(25-7-11-27(12-8-25)36-19-15-34-17-21-38-30(32)23(2)3)26-9-13-28(14-10-26)37-20-16-35-18-22-39-31(33)24(4)5/h7-14,23-24,29H,6,15-22H2,1-5H3. The summed E-state index contributed by atoms with van der Waals surface area (Å²) in [6, 6.07) is 16.3. The van der Waals surface area contributed by atoms with Crippen LogP contribution in [0.1, 0.15) is 58.1 Å². The first kappa shape index (κ1) is 32.1. The van der Waals surface area contributed by atoms with Crippen molar-refractivity contribution in [3.8, 4) is 11.5 Å². The lowest BCUT2D eigenvalue weighted by Crippen LogP contribution is -2.16. The number of hydrogen-bond acceptors (Lipinski definition) is 8. The molecule has 0 saturated heterocycles. The zero-order chi connectivity index (χ0) is 28.5. The van der Waals surface area contributed by atoms with E-state index in [1.165, 1.54) is 11.1 Å². The van der Waals surface area contributed by atoms with E-state index in [0.29, 0.717) is 39.6 Å². The molecule has 0 unspecified atom stereocenters. The number of carbonyl (C=O) groups is 2. The van der Waals surface area contributed by atoms with Crippen molar-refractivity contribution in [3.05, 3.63) is 59.7 Å². The molecule has 2 rings (SSSR count). The zero-order valence-electron chi connectivity index (χ0n) is 24.0. The molecular weight excluding hydrogens is 500 g/mol. The largest absolute Gasteiger partial charge is 0.491 e. The first-order valence-corrected chi connectivity index (χ1v) is 13.8. The van der Waals surface area contributed by atoms with Crippen molar-refractivity contribution in [2.24, 2.45) is 11.8 Å². The van der Waals surface area contributed by atoms with Gasteiger partial charge in [-0.25, -0.2) is 0 Å². The van der Waals surface area contributed by atoms with Gasteiger partial charge in [0.15, 0.2) is 0 Å². The van der Waals surface area contributed by atoms with Crippen LogP contribution in [0.4, 0.5) is 0 Å². The van der Waals surface area contributed by atoms with Gasteiger partial charge in [-0.05, 0) is 41.8 Å². The van der Waals surface area contributed by atoms with Crippen molar-refractivity contribution < 1.29 is 38.0 Å². The van der Waals surface area contributed by atoms with E-state index in [-0.39, 0.29) is 42.9 Å². The van der Waals surface area contributed by atoms with Crippen LogP contribution in [0.15, 0.2) is 48.5 Å². The number of ether oxygens (including phenoxy) is 6. The Morgan fingerprint density at radius 3 is 1.26 bits per heavy atom. The van der Waals surface area contributed by atoms with Gasteiger partial charge in [-0.15, -0.1) is 0 Å². The highest BCUT2D eigenvalue weighted by Gasteiger charge is 2.13. The monoisotopic (exact) mass is 544 g/mol. The Morgan fingerprint density at radius 1 is 0.564 bits per heavy atom. The first-order valence-electron chi connectivity index (χ1n) is 13.8. The molecule has 0 aliphatic heterocycles. The molecule has 8 heteroatoms. The van der Waals surface area contributed by atoms with E-state index >= 15 is 0 Å². The van der Waals surface area contributed by atoms with Gasteiger partial charge in [-0.2, -0.15) is 0 Å². The molecule has 0 fully saturated rings. The van der Waals surface area contributed by atoms with Crippen molar-refractivity contribution in [2.45, 2.75) is 47.0 Å². The fourth-order valence-electron chi connectivity index (χ4n) is 3.63. The van der Waals surface area contributed by atoms with E-state index in [0.717, 1.165) is 17.9 Å². The van der Waals surface area contributed by atoms with Gasteiger partial charge in [-0.1, -0.05) is 58.9 Å². The summed E-state index contributed by atoms with van der Waals surface area (Å²) in [6.07, 6.45) is 0.963. The SMILES string of the molecule is CCC(c1ccc(OCCOCCOC(=O)C(C)C)cc1)c1ccc(OCCOCCOC(=O)C(C)C)cc1. The van der Waals surface area contributed by atoms with Crippen LogP contribution in [0.5, 0.6) is 11.5 Å². The Balaban J connectivity index is 1.68. The molecule has 216 valence electrons. The number of hydrogen-bond donors (Lipinski definition) is 0. The van der Waals surface area contributed by atoms with E-state index in [1.54, 1.807) is 27.7 Å². The lowest BCUT2D eigenvalue weighted by Gasteiger charge is -2.17. The van der Waals surface area contributed by atoms with Gasteiger partial charge in [0, 0.05) is 5.92 Å². The Kier molecular flexibility index (Phi) is 15.0. The number of benzene rings is 2. The van der Waals surface area contributed by atoms with Gasteiger partial charge < -0.3 is 28.4 Å². The Labute approximate surface area is 232 Å². The van der Waals surface area contributed by atoms with Crippen LogP contribution in [0.2, 0.25) is 0 Å². The van der Waals surface area contributed by atoms with Gasteiger partial charge in [0.1, 0.15) is 37.9 Å². The molecule has 0 aromatic heterocycles. The minimum Gasteiger partial charge on any atom is -0.491 e. The first-order chi connectivity index (χ1) is 18.8. The minimum absolute atomic E-state index is 0.130. The highest BCUT2D eigenvalue weighted by molar-refractivity contribution is 5.71. The van der Waals surface area contributed by atoms with Crippen LogP contribution in [-0.4, -0.2) is 64.8 Å². The van der Waals surface area contributed by atoms with E-state index in [4.69, 9.17) is 28.4 Å². The van der Waals surface area contributed by atoms with Gasteiger partial charge in [0.2, 0.25) is 0 Å². The van der Waals surface area contributed by atoms with Crippen LogP contribution in [0, 0.1) is 11.8 Å². The Bertz CT molecular complexity index is 876. The third-order valence-corrected chi connectivity index (χ3v) is 5.85. The summed E-state index contributed by atoms with van der Waals surface area (Å²) in [5, 5.41) is 0. The van der Waals surface area contributed by atoms with Crippen LogP contribution in [0.3, 0.4) is 0 Å².